The van der Waals surface area contributed by atoms with E-state index in [1.54, 1.807) is 0 Å². The Morgan fingerprint density at radius 1 is 1.09 bits per heavy atom. The van der Waals surface area contributed by atoms with Crippen molar-refractivity contribution < 1.29 is 5.11 Å². The summed E-state index contributed by atoms with van der Waals surface area (Å²) in [4.78, 5) is 0. The Morgan fingerprint density at radius 2 is 1.45 bits per heavy atom. The Balaban J connectivity index is 2.66. The van der Waals surface area contributed by atoms with Gasteiger partial charge in [0.25, 0.3) is 0 Å². The molecule has 0 aromatic carbocycles. The van der Waals surface area contributed by atoms with Gasteiger partial charge in [0, 0.05) is 11.1 Å². The van der Waals surface area contributed by atoms with Crippen LogP contribution in [0.15, 0.2) is 0 Å². The van der Waals surface area contributed by atoms with Crippen molar-refractivity contribution in [2.75, 3.05) is 0 Å². The van der Waals surface area contributed by atoms with Gasteiger partial charge in [-0.2, -0.15) is 0 Å². The third-order valence-electron chi connectivity index (χ3n) is 1.97. The number of rotatable bonds is 0. The highest BCUT2D eigenvalue weighted by Crippen LogP contribution is 2.31. The van der Waals surface area contributed by atoms with Gasteiger partial charge in [-0.05, 0) is 40.5 Å². The number of hydrogen-bond donors (Lipinski definition) is 2. The summed E-state index contributed by atoms with van der Waals surface area (Å²) in [6.45, 7) is 8.46. The fourth-order valence-electron chi connectivity index (χ4n) is 2.09. The first-order chi connectivity index (χ1) is 4.81. The average Bonchev–Trinajstić information content (AvgIpc) is 1.49. The topological polar surface area (TPSA) is 32.3 Å². The number of nitrogens with one attached hydrogen (secondary N) is 1. The van der Waals surface area contributed by atoms with Gasteiger partial charge in [0.1, 0.15) is 0 Å². The molecule has 0 bridgehead atoms. The van der Waals surface area contributed by atoms with E-state index in [9.17, 15) is 5.11 Å². The smallest absolute Gasteiger partial charge is 0.0969 e. The summed E-state index contributed by atoms with van der Waals surface area (Å²) in [7, 11) is 0. The lowest BCUT2D eigenvalue weighted by Crippen LogP contribution is -2.57. The Morgan fingerprint density at radius 3 is 1.73 bits per heavy atom. The van der Waals surface area contributed by atoms with E-state index >= 15 is 0 Å². The van der Waals surface area contributed by atoms with Crippen molar-refractivity contribution in [3.63, 3.8) is 0 Å². The highest BCUT2D eigenvalue weighted by atomic mass is 16.3. The monoisotopic (exact) mass is 156 g/mol. The summed E-state index contributed by atoms with van der Waals surface area (Å²) in [5.74, 6) is 0. The summed E-state index contributed by atoms with van der Waals surface area (Å²) in [6, 6.07) is 0. The van der Waals surface area contributed by atoms with Crippen LogP contribution in [0.1, 0.15) is 40.5 Å². The summed E-state index contributed by atoms with van der Waals surface area (Å²) in [5, 5.41) is 12.9. The van der Waals surface area contributed by atoms with Crippen molar-refractivity contribution in [1.82, 2.24) is 5.32 Å². The van der Waals surface area contributed by atoms with E-state index < -0.39 is 0 Å². The first-order valence-corrected chi connectivity index (χ1v) is 4.14. The van der Waals surface area contributed by atoms with Crippen LogP contribution in [0.25, 0.3) is 0 Å². The third-order valence-corrected chi connectivity index (χ3v) is 1.97. The highest BCUT2D eigenvalue weighted by Gasteiger charge is 2.37. The molecule has 1 heterocycles. The molecular formula is C9H18NO. The number of piperidine rings is 1. The van der Waals surface area contributed by atoms with Crippen molar-refractivity contribution in [3.05, 3.63) is 6.10 Å². The van der Waals surface area contributed by atoms with Gasteiger partial charge in [0.15, 0.2) is 0 Å². The lowest BCUT2D eigenvalue weighted by Gasteiger charge is -2.44. The molecule has 1 fully saturated rings. The fourth-order valence-corrected chi connectivity index (χ4v) is 2.09. The van der Waals surface area contributed by atoms with Gasteiger partial charge in [0.05, 0.1) is 6.10 Å². The van der Waals surface area contributed by atoms with E-state index in [-0.39, 0.29) is 11.1 Å². The SMILES string of the molecule is CC1(C)C[C](O)CC(C)(C)N1. The Bertz CT molecular complexity index is 136. The van der Waals surface area contributed by atoms with Crippen molar-refractivity contribution in [1.29, 1.82) is 0 Å². The van der Waals surface area contributed by atoms with Crippen LogP contribution in [0.4, 0.5) is 0 Å². The van der Waals surface area contributed by atoms with Gasteiger partial charge in [-0.1, -0.05) is 0 Å². The van der Waals surface area contributed by atoms with Gasteiger partial charge in [-0.15, -0.1) is 0 Å². The van der Waals surface area contributed by atoms with Gasteiger partial charge in [0.2, 0.25) is 0 Å². The quantitative estimate of drug-likeness (QED) is 0.561. The Labute approximate surface area is 69.0 Å². The largest absolute Gasteiger partial charge is 0.387 e. The van der Waals surface area contributed by atoms with E-state index in [1.165, 1.54) is 0 Å². The molecule has 0 saturated carbocycles. The van der Waals surface area contributed by atoms with Crippen LogP contribution in [0.2, 0.25) is 0 Å². The molecule has 0 atom stereocenters. The first-order valence-electron chi connectivity index (χ1n) is 4.14. The Hall–Kier alpha value is -0.0800. The zero-order valence-electron chi connectivity index (χ0n) is 7.86. The van der Waals surface area contributed by atoms with E-state index in [4.69, 9.17) is 0 Å². The first kappa shape index (κ1) is 9.01. The molecule has 11 heavy (non-hydrogen) atoms. The average molecular weight is 156 g/mol. The van der Waals surface area contributed by atoms with Crippen LogP contribution in [0.3, 0.4) is 0 Å². The minimum Gasteiger partial charge on any atom is -0.387 e. The standard InChI is InChI=1S/C9H18NO/c1-8(2)5-7(11)6-9(3,4)10-8/h10-11H,5-6H2,1-4H3. The van der Waals surface area contributed by atoms with E-state index in [0.29, 0.717) is 6.10 Å². The molecule has 65 valence electrons. The highest BCUT2D eigenvalue weighted by molar-refractivity contribution is 5.04. The Kier molecular flexibility index (Phi) is 2.01. The maximum Gasteiger partial charge on any atom is 0.0969 e. The molecule has 0 aromatic heterocycles. The molecule has 0 spiro atoms. The lowest BCUT2D eigenvalue weighted by atomic mass is 9.81. The number of aliphatic hydroxyl groups is 1. The minimum absolute atomic E-state index is 0.0475. The van der Waals surface area contributed by atoms with Crippen LogP contribution >= 0.6 is 0 Å². The molecule has 1 aliphatic heterocycles. The number of aliphatic hydroxyl groups excluding tert-OH is 1. The predicted octanol–water partition coefficient (Wildman–Crippen LogP) is 1.83. The van der Waals surface area contributed by atoms with Crippen LogP contribution < -0.4 is 5.32 Å². The molecule has 0 aliphatic carbocycles. The van der Waals surface area contributed by atoms with Crippen molar-refractivity contribution in [3.8, 4) is 0 Å². The van der Waals surface area contributed by atoms with Crippen LogP contribution in [-0.2, 0) is 0 Å². The van der Waals surface area contributed by atoms with Crippen molar-refractivity contribution >= 4 is 0 Å². The fraction of sp³-hybridized carbons (Fsp3) is 0.889. The van der Waals surface area contributed by atoms with Crippen molar-refractivity contribution in [2.24, 2.45) is 0 Å². The summed E-state index contributed by atoms with van der Waals surface area (Å²) in [5.41, 5.74) is 0.0949. The summed E-state index contributed by atoms with van der Waals surface area (Å²) < 4.78 is 0. The summed E-state index contributed by atoms with van der Waals surface area (Å²) >= 11 is 0. The predicted molar refractivity (Wildman–Crippen MR) is 45.7 cm³/mol. The van der Waals surface area contributed by atoms with Crippen LogP contribution in [0, 0.1) is 6.10 Å². The van der Waals surface area contributed by atoms with E-state index in [2.05, 4.69) is 33.0 Å². The lowest BCUT2D eigenvalue weighted by molar-refractivity contribution is 0.114. The van der Waals surface area contributed by atoms with Gasteiger partial charge in [-0.25, -0.2) is 0 Å². The molecule has 2 N–H and O–H groups in total. The molecule has 1 aliphatic rings. The third kappa shape index (κ3) is 2.46. The van der Waals surface area contributed by atoms with Gasteiger partial charge >= 0.3 is 0 Å². The molecular weight excluding hydrogens is 138 g/mol. The van der Waals surface area contributed by atoms with Crippen LogP contribution in [0.5, 0.6) is 0 Å². The van der Waals surface area contributed by atoms with Crippen LogP contribution in [-0.4, -0.2) is 16.2 Å². The molecule has 1 rings (SSSR count). The van der Waals surface area contributed by atoms with Gasteiger partial charge in [-0.3, -0.25) is 0 Å². The minimum atomic E-state index is 0.0475. The zero-order valence-corrected chi connectivity index (χ0v) is 7.86. The molecule has 0 aromatic rings. The molecule has 0 unspecified atom stereocenters. The normalized spacial score (nSPS) is 30.3. The second-order valence-corrected chi connectivity index (χ2v) is 4.81. The summed E-state index contributed by atoms with van der Waals surface area (Å²) in [6.07, 6.45) is 2.17. The van der Waals surface area contributed by atoms with Crippen molar-refractivity contribution in [2.45, 2.75) is 51.6 Å². The molecule has 1 radical (unpaired) electrons. The van der Waals surface area contributed by atoms with Gasteiger partial charge < -0.3 is 10.4 Å². The molecule has 2 heteroatoms. The second kappa shape index (κ2) is 2.46. The second-order valence-electron chi connectivity index (χ2n) is 4.81. The molecule has 2 nitrogen and oxygen atoms in total. The van der Waals surface area contributed by atoms with E-state index in [1.807, 2.05) is 0 Å². The zero-order chi connectivity index (χ0) is 8.70. The number of hydrogen-bond acceptors (Lipinski definition) is 2. The maximum atomic E-state index is 9.46. The maximum absolute atomic E-state index is 9.46. The molecule has 0 amide bonds. The molecule has 1 saturated heterocycles. The van der Waals surface area contributed by atoms with E-state index in [0.717, 1.165) is 12.8 Å².